The molecule has 2 aromatic rings. The molecule has 0 saturated carbocycles. The third-order valence-corrected chi connectivity index (χ3v) is 2.94. The molecule has 0 aliphatic carbocycles. The van der Waals surface area contributed by atoms with E-state index in [0.717, 1.165) is 17.0 Å². The zero-order valence-corrected chi connectivity index (χ0v) is 10.8. The van der Waals surface area contributed by atoms with Crippen LogP contribution >= 0.6 is 0 Å². The lowest BCUT2D eigenvalue weighted by molar-refractivity contribution is 0.0948. The summed E-state index contributed by atoms with van der Waals surface area (Å²) in [6.45, 7) is 5.97. The first-order chi connectivity index (χ1) is 8.59. The Labute approximate surface area is 106 Å². The number of carbonyl (C=O) groups is 1. The second-order valence-electron chi connectivity index (χ2n) is 4.22. The number of amides is 1. The summed E-state index contributed by atoms with van der Waals surface area (Å²) in [6, 6.07) is 5.62. The van der Waals surface area contributed by atoms with Crippen LogP contribution in [0.25, 0.3) is 0 Å². The maximum absolute atomic E-state index is 12.1. The number of nitrogens with one attached hydrogen (secondary N) is 1. The monoisotopic (exact) mass is 244 g/mol. The van der Waals surface area contributed by atoms with Crippen molar-refractivity contribution in [3.63, 3.8) is 0 Å². The Bertz CT molecular complexity index is 559. The molecule has 0 aliphatic heterocycles. The normalized spacial score (nSPS) is 10.4. The fourth-order valence-electron chi connectivity index (χ4n) is 1.89. The molecule has 0 saturated heterocycles. The van der Waals surface area contributed by atoms with Gasteiger partial charge < -0.3 is 9.73 Å². The van der Waals surface area contributed by atoms with Crippen LogP contribution in [0.5, 0.6) is 0 Å². The van der Waals surface area contributed by atoms with Crippen molar-refractivity contribution >= 4 is 5.91 Å². The van der Waals surface area contributed by atoms with Gasteiger partial charge >= 0.3 is 0 Å². The second-order valence-corrected chi connectivity index (χ2v) is 4.22. The van der Waals surface area contributed by atoms with Crippen molar-refractivity contribution in [2.45, 2.75) is 27.3 Å². The number of nitrogens with zero attached hydrogens (tertiary/aromatic N) is 1. The standard InChI is InChI=1S/C14H16N2O2/c1-9-10(2)18-11(3)13(9)14(17)16-8-12-6-4-5-7-15-12/h4-7H,8H2,1-3H3,(H,16,17). The molecule has 0 fully saturated rings. The molecule has 18 heavy (non-hydrogen) atoms. The van der Waals surface area contributed by atoms with Crippen LogP contribution in [0, 0.1) is 20.8 Å². The highest BCUT2D eigenvalue weighted by Crippen LogP contribution is 2.20. The van der Waals surface area contributed by atoms with Gasteiger partial charge in [0.15, 0.2) is 0 Å². The van der Waals surface area contributed by atoms with Crippen LogP contribution in [0.2, 0.25) is 0 Å². The highest BCUT2D eigenvalue weighted by molar-refractivity contribution is 5.96. The number of rotatable bonds is 3. The third kappa shape index (κ3) is 2.42. The predicted octanol–water partition coefficient (Wildman–Crippen LogP) is 2.53. The zero-order valence-electron chi connectivity index (χ0n) is 10.8. The van der Waals surface area contributed by atoms with Crippen molar-refractivity contribution in [2.75, 3.05) is 0 Å². The fourth-order valence-corrected chi connectivity index (χ4v) is 1.89. The molecule has 1 amide bonds. The Morgan fingerprint density at radius 3 is 2.61 bits per heavy atom. The van der Waals surface area contributed by atoms with Crippen molar-refractivity contribution in [1.82, 2.24) is 10.3 Å². The van der Waals surface area contributed by atoms with Gasteiger partial charge in [0.1, 0.15) is 11.5 Å². The Hall–Kier alpha value is -2.10. The summed E-state index contributed by atoms with van der Waals surface area (Å²) in [5, 5.41) is 2.85. The van der Waals surface area contributed by atoms with Crippen LogP contribution in [0.4, 0.5) is 0 Å². The van der Waals surface area contributed by atoms with Gasteiger partial charge in [0.2, 0.25) is 0 Å². The van der Waals surface area contributed by atoms with Gasteiger partial charge in [-0.3, -0.25) is 9.78 Å². The van der Waals surface area contributed by atoms with E-state index in [1.807, 2.05) is 32.0 Å². The van der Waals surface area contributed by atoms with E-state index in [1.165, 1.54) is 0 Å². The largest absolute Gasteiger partial charge is 0.466 e. The minimum Gasteiger partial charge on any atom is -0.466 e. The Kier molecular flexibility index (Phi) is 3.46. The van der Waals surface area contributed by atoms with Crippen LogP contribution < -0.4 is 5.32 Å². The van der Waals surface area contributed by atoms with Gasteiger partial charge in [-0.25, -0.2) is 0 Å². The van der Waals surface area contributed by atoms with Crippen LogP contribution in [0.3, 0.4) is 0 Å². The van der Waals surface area contributed by atoms with Crippen molar-refractivity contribution in [3.8, 4) is 0 Å². The smallest absolute Gasteiger partial charge is 0.255 e. The second kappa shape index (κ2) is 5.04. The summed E-state index contributed by atoms with van der Waals surface area (Å²) in [6.07, 6.45) is 1.71. The van der Waals surface area contributed by atoms with Gasteiger partial charge in [-0.05, 0) is 32.9 Å². The number of furan rings is 1. The molecule has 4 nitrogen and oxygen atoms in total. The summed E-state index contributed by atoms with van der Waals surface area (Å²) < 4.78 is 5.44. The van der Waals surface area contributed by atoms with Crippen LogP contribution in [0.15, 0.2) is 28.8 Å². The summed E-state index contributed by atoms with van der Waals surface area (Å²) >= 11 is 0. The van der Waals surface area contributed by atoms with Gasteiger partial charge in [-0.1, -0.05) is 6.07 Å². The number of pyridine rings is 1. The number of hydrogen-bond acceptors (Lipinski definition) is 3. The number of carbonyl (C=O) groups excluding carboxylic acids is 1. The first kappa shape index (κ1) is 12.4. The molecule has 0 aliphatic rings. The number of aromatic nitrogens is 1. The molecule has 0 aromatic carbocycles. The molecule has 94 valence electrons. The molecule has 0 atom stereocenters. The maximum atomic E-state index is 12.1. The van der Waals surface area contributed by atoms with E-state index in [2.05, 4.69) is 10.3 Å². The maximum Gasteiger partial charge on any atom is 0.255 e. The van der Waals surface area contributed by atoms with Crippen molar-refractivity contribution < 1.29 is 9.21 Å². The first-order valence-electron chi connectivity index (χ1n) is 5.84. The molecule has 0 radical (unpaired) electrons. The van der Waals surface area contributed by atoms with E-state index in [-0.39, 0.29) is 5.91 Å². The topological polar surface area (TPSA) is 55.1 Å². The lowest BCUT2D eigenvalue weighted by Crippen LogP contribution is -2.24. The summed E-state index contributed by atoms with van der Waals surface area (Å²) in [5.41, 5.74) is 2.36. The molecule has 2 heterocycles. The third-order valence-electron chi connectivity index (χ3n) is 2.94. The van der Waals surface area contributed by atoms with Gasteiger partial charge in [-0.15, -0.1) is 0 Å². The Balaban J connectivity index is 2.09. The molecule has 2 aromatic heterocycles. The Morgan fingerprint density at radius 1 is 1.28 bits per heavy atom. The van der Waals surface area contributed by atoms with Crippen LogP contribution in [0.1, 0.15) is 33.1 Å². The van der Waals surface area contributed by atoms with Crippen molar-refractivity contribution in [2.24, 2.45) is 0 Å². The summed E-state index contributed by atoms with van der Waals surface area (Å²) in [7, 11) is 0. The van der Waals surface area contributed by atoms with Gasteiger partial charge in [-0.2, -0.15) is 0 Å². The lowest BCUT2D eigenvalue weighted by Gasteiger charge is -2.04. The van der Waals surface area contributed by atoms with Gasteiger partial charge in [0.05, 0.1) is 17.8 Å². The minimum absolute atomic E-state index is 0.118. The quantitative estimate of drug-likeness (QED) is 0.902. The average molecular weight is 244 g/mol. The van der Waals surface area contributed by atoms with Gasteiger partial charge in [0.25, 0.3) is 5.91 Å². The highest BCUT2D eigenvalue weighted by Gasteiger charge is 2.18. The van der Waals surface area contributed by atoms with E-state index < -0.39 is 0 Å². The zero-order chi connectivity index (χ0) is 13.1. The Morgan fingerprint density at radius 2 is 2.06 bits per heavy atom. The van der Waals surface area contributed by atoms with E-state index in [1.54, 1.807) is 13.1 Å². The van der Waals surface area contributed by atoms with E-state index >= 15 is 0 Å². The van der Waals surface area contributed by atoms with Crippen LogP contribution in [-0.2, 0) is 6.54 Å². The van der Waals surface area contributed by atoms with E-state index in [4.69, 9.17) is 4.42 Å². The molecule has 0 unspecified atom stereocenters. The predicted molar refractivity (Wildman–Crippen MR) is 68.3 cm³/mol. The van der Waals surface area contributed by atoms with Crippen molar-refractivity contribution in [1.29, 1.82) is 0 Å². The van der Waals surface area contributed by atoms with Crippen LogP contribution in [-0.4, -0.2) is 10.9 Å². The number of aryl methyl sites for hydroxylation is 2. The lowest BCUT2D eigenvalue weighted by atomic mass is 10.1. The van der Waals surface area contributed by atoms with Crippen molar-refractivity contribution in [3.05, 3.63) is 52.7 Å². The molecule has 1 N–H and O–H groups in total. The molecule has 0 spiro atoms. The molecular weight excluding hydrogens is 228 g/mol. The average Bonchev–Trinajstić information content (AvgIpc) is 2.62. The highest BCUT2D eigenvalue weighted by atomic mass is 16.3. The van der Waals surface area contributed by atoms with Gasteiger partial charge in [0, 0.05) is 11.8 Å². The van der Waals surface area contributed by atoms with E-state index in [0.29, 0.717) is 17.9 Å². The molecular formula is C14H16N2O2. The SMILES string of the molecule is Cc1oc(C)c(C(=O)NCc2ccccn2)c1C. The number of hydrogen-bond donors (Lipinski definition) is 1. The molecule has 0 bridgehead atoms. The van der Waals surface area contributed by atoms with E-state index in [9.17, 15) is 4.79 Å². The molecule has 2 rings (SSSR count). The summed E-state index contributed by atoms with van der Waals surface area (Å²) in [4.78, 5) is 16.2. The summed E-state index contributed by atoms with van der Waals surface area (Å²) in [5.74, 6) is 1.33. The first-order valence-corrected chi connectivity index (χ1v) is 5.84. The molecule has 4 heteroatoms. The minimum atomic E-state index is -0.118. The fraction of sp³-hybridized carbons (Fsp3) is 0.286.